The Bertz CT molecular complexity index is 1510. The Morgan fingerprint density at radius 3 is 2.54 bits per heavy atom. The summed E-state index contributed by atoms with van der Waals surface area (Å²) >= 11 is 12.8. The second kappa shape index (κ2) is 9.70. The van der Waals surface area contributed by atoms with E-state index in [1.807, 2.05) is 54.7 Å². The quantitative estimate of drug-likeness (QED) is 0.171. The molecule has 0 bridgehead atoms. The van der Waals surface area contributed by atoms with Crippen LogP contribution in [0.1, 0.15) is 21.5 Å². The molecule has 1 fully saturated rings. The van der Waals surface area contributed by atoms with Crippen molar-refractivity contribution in [2.24, 2.45) is 0 Å². The number of carbonyl (C=O) groups excluding carboxylic acids is 2. The van der Waals surface area contributed by atoms with Crippen molar-refractivity contribution in [3.8, 4) is 0 Å². The fraction of sp³-hybridized carbons (Fsp3) is 0.0741. The number of benzene rings is 3. The summed E-state index contributed by atoms with van der Waals surface area (Å²) in [5, 5.41) is 1.73. The molecule has 35 heavy (non-hydrogen) atoms. The summed E-state index contributed by atoms with van der Waals surface area (Å²) in [4.78, 5) is 27.6. The number of amides is 1. The number of methoxy groups -OCH3 is 1. The lowest BCUT2D eigenvalue weighted by Crippen LogP contribution is -2.29. The van der Waals surface area contributed by atoms with Crippen LogP contribution in [0, 0.1) is 0 Å². The molecule has 3 aromatic carbocycles. The molecule has 8 heteroatoms. The van der Waals surface area contributed by atoms with Crippen LogP contribution < -0.4 is 4.90 Å². The lowest BCUT2D eigenvalue weighted by Gasteiger charge is -2.17. The molecule has 0 unspecified atom stereocenters. The molecule has 0 atom stereocenters. The predicted octanol–water partition coefficient (Wildman–Crippen LogP) is 6.54. The number of ether oxygens (including phenoxy) is 1. The largest absolute Gasteiger partial charge is 0.465 e. The number of rotatable bonds is 5. The summed E-state index contributed by atoms with van der Waals surface area (Å²) in [5.74, 6) is -0.796. The summed E-state index contributed by atoms with van der Waals surface area (Å²) in [5.41, 5.74) is 3.78. The third kappa shape index (κ3) is 4.50. The molecule has 5 nitrogen and oxygen atoms in total. The van der Waals surface area contributed by atoms with Gasteiger partial charge in [0, 0.05) is 34.2 Å². The van der Waals surface area contributed by atoms with E-state index < -0.39 is 5.97 Å². The fourth-order valence-electron chi connectivity index (χ4n) is 4.08. The highest BCUT2D eigenvalue weighted by Gasteiger charge is 2.35. The van der Waals surface area contributed by atoms with Gasteiger partial charge in [-0.05, 0) is 42.0 Å². The molecule has 0 spiro atoms. The molecule has 0 saturated carbocycles. The molecule has 1 saturated heterocycles. The third-order valence-electron chi connectivity index (χ3n) is 5.72. The van der Waals surface area contributed by atoms with Crippen LogP contribution in [-0.2, 0) is 16.1 Å². The van der Waals surface area contributed by atoms with E-state index >= 15 is 0 Å². The zero-order valence-corrected chi connectivity index (χ0v) is 21.0. The first kappa shape index (κ1) is 23.4. The van der Waals surface area contributed by atoms with Gasteiger partial charge in [-0.1, -0.05) is 78.0 Å². The van der Waals surface area contributed by atoms with E-state index in [1.165, 1.54) is 23.8 Å². The van der Waals surface area contributed by atoms with Gasteiger partial charge >= 0.3 is 5.97 Å². The maximum absolute atomic E-state index is 13.4. The van der Waals surface area contributed by atoms with Gasteiger partial charge in [0.1, 0.15) is 0 Å². The van der Waals surface area contributed by atoms with Gasteiger partial charge in [0.25, 0.3) is 5.91 Å². The average Bonchev–Trinajstić information content (AvgIpc) is 3.36. The van der Waals surface area contributed by atoms with Crippen LogP contribution in [-0.4, -0.2) is 27.9 Å². The van der Waals surface area contributed by atoms with Crippen LogP contribution in [0.5, 0.6) is 0 Å². The van der Waals surface area contributed by atoms with Gasteiger partial charge in [-0.15, -0.1) is 0 Å². The van der Waals surface area contributed by atoms with Crippen LogP contribution >= 0.6 is 35.6 Å². The Kier molecular flexibility index (Phi) is 6.47. The van der Waals surface area contributed by atoms with Gasteiger partial charge in [-0.2, -0.15) is 0 Å². The first-order valence-corrected chi connectivity index (χ1v) is 12.3. The normalized spacial score (nSPS) is 14.8. The van der Waals surface area contributed by atoms with Crippen LogP contribution in [0.2, 0.25) is 5.02 Å². The summed E-state index contributed by atoms with van der Waals surface area (Å²) in [6, 6.07) is 22.6. The molecule has 0 radical (unpaired) electrons. The monoisotopic (exact) mass is 518 g/mol. The van der Waals surface area contributed by atoms with Gasteiger partial charge in [0.15, 0.2) is 4.32 Å². The van der Waals surface area contributed by atoms with Gasteiger partial charge in [-0.25, -0.2) is 4.79 Å². The van der Waals surface area contributed by atoms with E-state index in [4.69, 9.17) is 28.6 Å². The molecule has 1 aliphatic rings. The van der Waals surface area contributed by atoms with Crippen LogP contribution in [0.15, 0.2) is 83.9 Å². The van der Waals surface area contributed by atoms with Crippen LogP contribution in [0.4, 0.5) is 5.69 Å². The van der Waals surface area contributed by atoms with E-state index in [9.17, 15) is 9.59 Å². The molecule has 1 aliphatic heterocycles. The second-order valence-electron chi connectivity index (χ2n) is 7.88. The van der Waals surface area contributed by atoms with E-state index in [1.54, 1.807) is 24.3 Å². The van der Waals surface area contributed by atoms with Crippen molar-refractivity contribution < 1.29 is 14.3 Å². The summed E-state index contributed by atoms with van der Waals surface area (Å²) in [7, 11) is 1.31. The van der Waals surface area contributed by atoms with Crippen molar-refractivity contribution in [3.05, 3.63) is 106 Å². The van der Waals surface area contributed by atoms with Crippen molar-refractivity contribution >= 4 is 74.4 Å². The van der Waals surface area contributed by atoms with E-state index in [2.05, 4.69) is 10.6 Å². The Hall–Kier alpha value is -3.39. The highest BCUT2D eigenvalue weighted by atomic mass is 35.5. The summed E-state index contributed by atoms with van der Waals surface area (Å²) in [6.45, 7) is 0.666. The second-order valence-corrected chi connectivity index (χ2v) is 9.99. The minimum absolute atomic E-state index is 0.272. The highest BCUT2D eigenvalue weighted by Crippen LogP contribution is 2.38. The number of aromatic nitrogens is 1. The number of thiocarbonyl (C=S) groups is 1. The van der Waals surface area contributed by atoms with Crippen LogP contribution in [0.25, 0.3) is 17.0 Å². The number of carbonyl (C=O) groups is 2. The van der Waals surface area contributed by atoms with Crippen molar-refractivity contribution in [2.75, 3.05) is 12.0 Å². The number of fused-ring (bicyclic) bond motifs is 1. The molecular formula is C27H19ClN2O3S2. The zero-order valence-electron chi connectivity index (χ0n) is 18.6. The summed E-state index contributed by atoms with van der Waals surface area (Å²) in [6.07, 6.45) is 3.90. The number of esters is 1. The first-order chi connectivity index (χ1) is 17.0. The molecule has 174 valence electrons. The van der Waals surface area contributed by atoms with E-state index in [-0.39, 0.29) is 11.5 Å². The average molecular weight is 519 g/mol. The van der Waals surface area contributed by atoms with Crippen molar-refractivity contribution in [1.29, 1.82) is 0 Å². The molecule has 2 heterocycles. The fourth-order valence-corrected chi connectivity index (χ4v) is 5.48. The van der Waals surface area contributed by atoms with Crippen molar-refractivity contribution in [3.63, 3.8) is 0 Å². The number of anilines is 1. The van der Waals surface area contributed by atoms with E-state index in [0.717, 1.165) is 22.0 Å². The number of hydrogen-bond acceptors (Lipinski definition) is 5. The lowest BCUT2D eigenvalue weighted by atomic mass is 10.1. The predicted molar refractivity (Wildman–Crippen MR) is 146 cm³/mol. The molecular weight excluding hydrogens is 500 g/mol. The van der Waals surface area contributed by atoms with Gasteiger partial charge in [-0.3, -0.25) is 9.69 Å². The Morgan fingerprint density at radius 2 is 1.77 bits per heavy atom. The van der Waals surface area contributed by atoms with Crippen molar-refractivity contribution in [1.82, 2.24) is 4.57 Å². The maximum Gasteiger partial charge on any atom is 0.339 e. The maximum atomic E-state index is 13.4. The lowest BCUT2D eigenvalue weighted by molar-refractivity contribution is -0.113. The molecule has 0 N–H and O–H groups in total. The smallest absolute Gasteiger partial charge is 0.339 e. The van der Waals surface area contributed by atoms with E-state index in [0.29, 0.717) is 26.5 Å². The van der Waals surface area contributed by atoms with Gasteiger partial charge in [0.2, 0.25) is 0 Å². The third-order valence-corrected chi connectivity index (χ3v) is 7.27. The standard InChI is InChI=1S/C27H19ClN2O3S2/c1-33-26(32)21-7-3-5-9-23(21)30-25(31)24(35-27(30)34)14-18-16-29(22-8-4-2-6-20(18)22)15-17-10-12-19(28)13-11-17/h2-14,16H,15H2,1H3. The van der Waals surface area contributed by atoms with Crippen LogP contribution in [0.3, 0.4) is 0 Å². The molecule has 4 aromatic rings. The SMILES string of the molecule is COC(=O)c1ccccc1N1C(=O)C(=Cc2cn(Cc3ccc(Cl)cc3)c3ccccc23)SC1=S. The Balaban J connectivity index is 1.52. The number of thioether (sulfide) groups is 1. The number of halogens is 1. The minimum atomic E-state index is -0.524. The van der Waals surface area contributed by atoms with Crippen molar-refractivity contribution in [2.45, 2.75) is 6.54 Å². The molecule has 1 aromatic heterocycles. The number of para-hydroxylation sites is 2. The van der Waals surface area contributed by atoms with Gasteiger partial charge in [0.05, 0.1) is 23.3 Å². The summed E-state index contributed by atoms with van der Waals surface area (Å²) < 4.78 is 7.40. The zero-order chi connectivity index (χ0) is 24.5. The topological polar surface area (TPSA) is 51.5 Å². The molecule has 5 rings (SSSR count). The minimum Gasteiger partial charge on any atom is -0.465 e. The molecule has 1 amide bonds. The number of hydrogen-bond donors (Lipinski definition) is 0. The van der Waals surface area contributed by atoms with Gasteiger partial charge < -0.3 is 9.30 Å². The number of nitrogens with zero attached hydrogens (tertiary/aromatic N) is 2. The highest BCUT2D eigenvalue weighted by molar-refractivity contribution is 8.27. The Labute approximate surface area is 216 Å². The Morgan fingerprint density at radius 1 is 1.06 bits per heavy atom. The molecule has 0 aliphatic carbocycles. The first-order valence-electron chi connectivity index (χ1n) is 10.7.